The van der Waals surface area contributed by atoms with Crippen LogP contribution in [0.5, 0.6) is 0 Å². The molecule has 0 radical (unpaired) electrons. The van der Waals surface area contributed by atoms with Crippen molar-refractivity contribution in [3.05, 3.63) is 68.2 Å². The smallest absolute Gasteiger partial charge is 0.269 e. The summed E-state index contributed by atoms with van der Waals surface area (Å²) < 4.78 is 0. The van der Waals surface area contributed by atoms with Gasteiger partial charge in [-0.1, -0.05) is 40.5 Å². The number of carbonyl (C=O) groups is 1. The minimum absolute atomic E-state index is 0.0840. The normalized spacial score (nSPS) is 18.8. The van der Waals surface area contributed by atoms with Crippen LogP contribution in [-0.4, -0.2) is 16.5 Å². The third-order valence-electron chi connectivity index (χ3n) is 3.94. The molecule has 2 aromatic rings. The summed E-state index contributed by atoms with van der Waals surface area (Å²) >= 11 is 11.8. The van der Waals surface area contributed by atoms with Gasteiger partial charge in [0.15, 0.2) is 6.10 Å². The molecule has 134 valence electrons. The van der Waals surface area contributed by atoms with Gasteiger partial charge in [0.05, 0.1) is 20.7 Å². The van der Waals surface area contributed by atoms with Crippen molar-refractivity contribution in [3.8, 4) is 0 Å². The Kier molecular flexibility index (Phi) is 5.11. The number of benzene rings is 2. The van der Waals surface area contributed by atoms with Crippen LogP contribution < -0.4 is 5.32 Å². The number of nitro groups is 1. The van der Waals surface area contributed by atoms with Crippen molar-refractivity contribution in [3.63, 3.8) is 0 Å². The van der Waals surface area contributed by atoms with Gasteiger partial charge in [0.2, 0.25) is 5.91 Å². The van der Waals surface area contributed by atoms with Gasteiger partial charge in [0, 0.05) is 23.4 Å². The number of halogens is 2. The zero-order chi connectivity index (χ0) is 18.8. The molecular weight excluding hydrogens is 381 g/mol. The lowest BCUT2D eigenvalue weighted by molar-refractivity contribution is -0.385. The second kappa shape index (κ2) is 7.31. The molecule has 3 rings (SSSR count). The lowest BCUT2D eigenvalue weighted by atomic mass is 9.91. The van der Waals surface area contributed by atoms with E-state index in [4.69, 9.17) is 28.0 Å². The van der Waals surface area contributed by atoms with Crippen molar-refractivity contribution in [1.29, 1.82) is 0 Å². The number of nitrogens with one attached hydrogen (secondary N) is 1. The number of amides is 1. The van der Waals surface area contributed by atoms with Gasteiger partial charge in [-0.15, -0.1) is 0 Å². The zero-order valence-corrected chi connectivity index (χ0v) is 15.0. The van der Waals surface area contributed by atoms with E-state index < -0.39 is 16.9 Å². The molecule has 0 fully saturated rings. The van der Waals surface area contributed by atoms with Gasteiger partial charge in [-0.3, -0.25) is 14.9 Å². The van der Waals surface area contributed by atoms with Crippen LogP contribution in [0.4, 0.5) is 11.4 Å². The van der Waals surface area contributed by atoms with Crippen molar-refractivity contribution in [1.82, 2.24) is 0 Å². The quantitative estimate of drug-likeness (QED) is 0.606. The van der Waals surface area contributed by atoms with Crippen molar-refractivity contribution in [2.45, 2.75) is 13.0 Å². The predicted octanol–water partition coefficient (Wildman–Crippen LogP) is 4.60. The summed E-state index contributed by atoms with van der Waals surface area (Å²) in [4.78, 5) is 28.6. The van der Waals surface area contributed by atoms with E-state index in [1.807, 2.05) is 0 Å². The molecule has 9 heteroatoms. The summed E-state index contributed by atoms with van der Waals surface area (Å²) in [5, 5.41) is 18.3. The molecule has 0 aliphatic carbocycles. The van der Waals surface area contributed by atoms with Gasteiger partial charge in [-0.2, -0.15) is 0 Å². The summed E-state index contributed by atoms with van der Waals surface area (Å²) in [6.07, 6.45) is -0.752. The van der Waals surface area contributed by atoms with Crippen molar-refractivity contribution < 1.29 is 14.6 Å². The number of rotatable bonds is 4. The fourth-order valence-corrected chi connectivity index (χ4v) is 2.96. The van der Waals surface area contributed by atoms with Gasteiger partial charge < -0.3 is 10.2 Å². The molecular formula is C17H13Cl2N3O4. The number of nitro benzene ring substituents is 1. The molecule has 1 heterocycles. The van der Waals surface area contributed by atoms with Crippen LogP contribution >= 0.6 is 23.2 Å². The molecule has 1 N–H and O–H groups in total. The number of non-ortho nitro benzene ring substituents is 1. The maximum absolute atomic E-state index is 12.7. The Morgan fingerprint density at radius 3 is 2.69 bits per heavy atom. The highest BCUT2D eigenvalue weighted by molar-refractivity contribution is 6.42. The summed E-state index contributed by atoms with van der Waals surface area (Å²) in [5.41, 5.74) is 1.36. The number of anilines is 1. The van der Waals surface area contributed by atoms with E-state index in [0.29, 0.717) is 27.0 Å². The molecule has 0 saturated carbocycles. The van der Waals surface area contributed by atoms with Crippen LogP contribution in [-0.2, 0) is 9.63 Å². The van der Waals surface area contributed by atoms with Crippen molar-refractivity contribution >= 4 is 46.2 Å². The van der Waals surface area contributed by atoms with E-state index in [0.717, 1.165) is 0 Å². The minimum Gasteiger partial charge on any atom is -0.386 e. The van der Waals surface area contributed by atoms with Crippen LogP contribution in [0.25, 0.3) is 0 Å². The second-order valence-corrected chi connectivity index (χ2v) is 6.52. The molecule has 2 atom stereocenters. The Hall–Kier alpha value is -2.64. The average Bonchev–Trinajstić information content (AvgIpc) is 3.00. The summed E-state index contributed by atoms with van der Waals surface area (Å²) in [6, 6.07) is 10.7. The number of carbonyl (C=O) groups excluding carboxylic acids is 1. The Morgan fingerprint density at radius 1 is 1.23 bits per heavy atom. The van der Waals surface area contributed by atoms with Gasteiger partial charge in [-0.25, -0.2) is 0 Å². The highest BCUT2D eigenvalue weighted by Gasteiger charge is 2.39. The first-order chi connectivity index (χ1) is 12.4. The van der Waals surface area contributed by atoms with Crippen molar-refractivity contribution in [2.75, 3.05) is 5.32 Å². The largest absolute Gasteiger partial charge is 0.386 e. The van der Waals surface area contributed by atoms with E-state index in [2.05, 4.69) is 10.5 Å². The number of hydrogen-bond acceptors (Lipinski definition) is 5. The van der Waals surface area contributed by atoms with Crippen LogP contribution in [0.15, 0.2) is 47.6 Å². The van der Waals surface area contributed by atoms with E-state index in [-0.39, 0.29) is 11.6 Å². The standard InChI is InChI=1S/C17H13Cl2N3O4/c1-9-15(17(23)20-11-5-6-13(18)14(19)8-11)16(26-21-9)10-3-2-4-12(7-10)22(24)25/h2-8,15-16H,1H3,(H,20,23). The number of oxime groups is 1. The molecule has 2 aromatic carbocycles. The van der Waals surface area contributed by atoms with Crippen LogP contribution in [0.2, 0.25) is 10.0 Å². The molecule has 0 saturated heterocycles. The van der Waals surface area contributed by atoms with Gasteiger partial charge in [-0.05, 0) is 25.1 Å². The second-order valence-electron chi connectivity index (χ2n) is 5.71. The molecule has 0 aromatic heterocycles. The molecule has 1 aliphatic rings. The first-order valence-electron chi connectivity index (χ1n) is 7.57. The van der Waals surface area contributed by atoms with Gasteiger partial charge in [0.25, 0.3) is 5.69 Å². The SMILES string of the molecule is CC1=NOC(c2cccc([N+](=O)[O-])c2)C1C(=O)Nc1ccc(Cl)c(Cl)c1. The summed E-state index contributed by atoms with van der Waals surface area (Å²) in [6.45, 7) is 1.66. The molecule has 1 amide bonds. The third kappa shape index (κ3) is 3.63. The predicted molar refractivity (Wildman–Crippen MR) is 98.6 cm³/mol. The van der Waals surface area contributed by atoms with Crippen LogP contribution in [0, 0.1) is 16.0 Å². The van der Waals surface area contributed by atoms with Crippen LogP contribution in [0.3, 0.4) is 0 Å². The van der Waals surface area contributed by atoms with Gasteiger partial charge in [0.1, 0.15) is 5.92 Å². The van der Waals surface area contributed by atoms with E-state index in [9.17, 15) is 14.9 Å². The molecule has 7 nitrogen and oxygen atoms in total. The zero-order valence-electron chi connectivity index (χ0n) is 13.5. The number of hydrogen-bond donors (Lipinski definition) is 1. The lowest BCUT2D eigenvalue weighted by Gasteiger charge is -2.18. The van der Waals surface area contributed by atoms with E-state index in [1.165, 1.54) is 18.2 Å². The topological polar surface area (TPSA) is 93.8 Å². The summed E-state index contributed by atoms with van der Waals surface area (Å²) in [7, 11) is 0. The highest BCUT2D eigenvalue weighted by Crippen LogP contribution is 2.35. The minimum atomic E-state index is -0.752. The monoisotopic (exact) mass is 393 g/mol. The molecule has 0 spiro atoms. The molecule has 0 bridgehead atoms. The van der Waals surface area contributed by atoms with Crippen molar-refractivity contribution in [2.24, 2.45) is 11.1 Å². The van der Waals surface area contributed by atoms with E-state index >= 15 is 0 Å². The molecule has 2 unspecified atom stereocenters. The third-order valence-corrected chi connectivity index (χ3v) is 4.68. The Balaban J connectivity index is 1.85. The van der Waals surface area contributed by atoms with Gasteiger partial charge >= 0.3 is 0 Å². The maximum Gasteiger partial charge on any atom is 0.269 e. The fourth-order valence-electron chi connectivity index (χ4n) is 2.67. The number of nitrogens with zero attached hydrogens (tertiary/aromatic N) is 2. The summed E-state index contributed by atoms with van der Waals surface area (Å²) in [5.74, 6) is -1.09. The highest BCUT2D eigenvalue weighted by atomic mass is 35.5. The van der Waals surface area contributed by atoms with Crippen LogP contribution in [0.1, 0.15) is 18.6 Å². The molecule has 1 aliphatic heterocycles. The maximum atomic E-state index is 12.7. The Morgan fingerprint density at radius 2 is 2.00 bits per heavy atom. The lowest BCUT2D eigenvalue weighted by Crippen LogP contribution is -2.30. The van der Waals surface area contributed by atoms with E-state index in [1.54, 1.807) is 31.2 Å². The first-order valence-corrected chi connectivity index (χ1v) is 8.33. The Labute approximate surface area is 158 Å². The Bertz CT molecular complexity index is 917. The first kappa shape index (κ1) is 18.2. The average molecular weight is 394 g/mol. The fraction of sp³-hybridized carbons (Fsp3) is 0.176. The molecule has 26 heavy (non-hydrogen) atoms.